The first-order chi connectivity index (χ1) is 15.9. The van der Waals surface area contributed by atoms with Crippen molar-refractivity contribution in [1.82, 2.24) is 4.72 Å². The number of nitrogens with two attached hydrogens (primary N) is 2. The molecule has 1 aliphatic carbocycles. The van der Waals surface area contributed by atoms with Gasteiger partial charge in [-0.2, -0.15) is 8.42 Å². The molecule has 0 unspecified atom stereocenters. The summed E-state index contributed by atoms with van der Waals surface area (Å²) in [6.07, 6.45) is 0. The molecule has 2 aromatic rings. The molecule has 0 saturated carbocycles. The number of benzene rings is 3. The molecule has 176 valence electrons. The number of nitrogen functional groups attached to an aromatic ring is 1. The molecular formula is C21H18N3O8S2+. The molecule has 0 amide bonds. The Morgan fingerprint density at radius 2 is 1.68 bits per heavy atom. The average Bonchev–Trinajstić information content (AvgIpc) is 2.76. The number of aromatic carboxylic acids is 1. The van der Waals surface area contributed by atoms with Gasteiger partial charge in [0.05, 0.1) is 11.3 Å². The maximum absolute atomic E-state index is 12.8. The van der Waals surface area contributed by atoms with E-state index in [0.717, 1.165) is 7.05 Å². The molecule has 0 bridgehead atoms. The lowest BCUT2D eigenvalue weighted by Crippen LogP contribution is -2.47. The molecule has 7 N–H and O–H groups in total. The standard InChI is InChI=1S/C21H17N3O8S2/c1-24-33(27,28)19-14(22)8-6-12-16(10-4-2-3-5-11(10)21(25)26)13-7-9-15(23)20(34(29,30)31)18(13)32-17(12)19/h2-9,23-24H,22H2,1H3,(H,25,26)(H,29,30,31)/p+1. The summed E-state index contributed by atoms with van der Waals surface area (Å²) in [6, 6.07) is 11.2. The monoisotopic (exact) mass is 504 g/mol. The van der Waals surface area contributed by atoms with E-state index in [4.69, 9.17) is 15.6 Å². The van der Waals surface area contributed by atoms with Gasteiger partial charge in [-0.05, 0) is 36.9 Å². The fourth-order valence-corrected chi connectivity index (χ4v) is 5.55. The Labute approximate surface area is 193 Å². The van der Waals surface area contributed by atoms with Crippen LogP contribution in [0.4, 0.5) is 5.69 Å². The lowest BCUT2D eigenvalue weighted by atomic mass is 9.90. The van der Waals surface area contributed by atoms with Crippen LogP contribution in [0.1, 0.15) is 10.4 Å². The molecule has 0 saturated heterocycles. The second-order valence-corrected chi connectivity index (χ2v) is 10.4. The molecule has 0 aromatic heterocycles. The molecule has 2 aromatic carbocycles. The molecule has 11 nitrogen and oxygen atoms in total. The van der Waals surface area contributed by atoms with Crippen molar-refractivity contribution in [2.75, 3.05) is 12.8 Å². The number of hydrogen-bond acceptors (Lipinski definition) is 7. The highest BCUT2D eigenvalue weighted by atomic mass is 32.2. The van der Waals surface area contributed by atoms with Gasteiger partial charge in [-0.15, -0.1) is 0 Å². The fraction of sp³-hybridized carbons (Fsp3) is 0.0476. The largest absolute Gasteiger partial charge is 0.478 e. The van der Waals surface area contributed by atoms with Gasteiger partial charge in [0, 0.05) is 22.6 Å². The van der Waals surface area contributed by atoms with Crippen LogP contribution in [-0.4, -0.2) is 39.5 Å². The van der Waals surface area contributed by atoms with E-state index in [1.54, 1.807) is 6.07 Å². The summed E-state index contributed by atoms with van der Waals surface area (Å²) in [7, 11) is -8.04. The summed E-state index contributed by atoms with van der Waals surface area (Å²) in [5.41, 5.74) is 5.60. The molecule has 34 heavy (non-hydrogen) atoms. The number of carbonyl (C=O) groups is 1. The maximum Gasteiger partial charge on any atom is 0.336 e. The molecule has 2 aliphatic rings. The van der Waals surface area contributed by atoms with Crippen LogP contribution in [0.2, 0.25) is 0 Å². The van der Waals surface area contributed by atoms with Crippen LogP contribution in [-0.2, 0) is 20.1 Å². The van der Waals surface area contributed by atoms with Crippen LogP contribution >= 0.6 is 0 Å². The van der Waals surface area contributed by atoms with E-state index in [2.05, 4.69) is 4.72 Å². The summed E-state index contributed by atoms with van der Waals surface area (Å²) in [6.45, 7) is 0. The predicted octanol–water partition coefficient (Wildman–Crippen LogP) is 0.300. The number of carboxylic acids is 1. The molecule has 1 heterocycles. The van der Waals surface area contributed by atoms with Gasteiger partial charge in [0.1, 0.15) is 4.90 Å². The van der Waals surface area contributed by atoms with Gasteiger partial charge in [-0.25, -0.2) is 17.9 Å². The van der Waals surface area contributed by atoms with Gasteiger partial charge >= 0.3 is 16.1 Å². The first-order valence-corrected chi connectivity index (χ1v) is 12.4. The van der Waals surface area contributed by atoms with Crippen LogP contribution in [0.3, 0.4) is 0 Å². The van der Waals surface area contributed by atoms with E-state index in [1.165, 1.54) is 42.5 Å². The molecule has 0 fully saturated rings. The Morgan fingerprint density at radius 3 is 2.29 bits per heavy atom. The molecular weight excluding hydrogens is 486 g/mol. The zero-order valence-corrected chi connectivity index (χ0v) is 19.1. The quantitative estimate of drug-likeness (QED) is 0.144. The van der Waals surface area contributed by atoms with Crippen LogP contribution in [0.5, 0.6) is 0 Å². The van der Waals surface area contributed by atoms with Gasteiger partial charge in [-0.3, -0.25) is 9.96 Å². The second-order valence-electron chi connectivity index (χ2n) is 7.23. The van der Waals surface area contributed by atoms with Crippen molar-refractivity contribution in [3.63, 3.8) is 0 Å². The number of sulfonamides is 1. The van der Waals surface area contributed by atoms with Crippen molar-refractivity contribution < 1.29 is 41.1 Å². The summed E-state index contributed by atoms with van der Waals surface area (Å²) in [5, 5.41) is 15.3. The Balaban J connectivity index is 2.40. The Bertz CT molecular complexity index is 1740. The summed E-state index contributed by atoms with van der Waals surface area (Å²) >= 11 is 0. The molecule has 13 heteroatoms. The number of fused-ring (bicyclic) bond motifs is 2. The number of rotatable bonds is 5. The van der Waals surface area contributed by atoms with Crippen molar-refractivity contribution in [3.8, 4) is 22.5 Å². The lowest BCUT2D eigenvalue weighted by molar-refractivity contribution is -0.176. The van der Waals surface area contributed by atoms with Crippen molar-refractivity contribution in [3.05, 3.63) is 59.5 Å². The minimum atomic E-state index is -4.95. The Kier molecular flexibility index (Phi) is 5.44. The van der Waals surface area contributed by atoms with E-state index in [0.29, 0.717) is 0 Å². The van der Waals surface area contributed by atoms with Gasteiger partial charge < -0.3 is 15.3 Å². The zero-order chi connectivity index (χ0) is 25.0. The van der Waals surface area contributed by atoms with Gasteiger partial charge in [0.2, 0.25) is 20.3 Å². The second kappa shape index (κ2) is 7.92. The van der Waals surface area contributed by atoms with Crippen molar-refractivity contribution in [1.29, 1.82) is 0 Å². The maximum atomic E-state index is 12.8. The third-order valence-corrected chi connectivity index (χ3v) is 7.68. The Morgan fingerprint density at radius 1 is 1.00 bits per heavy atom. The Hall–Kier alpha value is -3.78. The highest BCUT2D eigenvalue weighted by Gasteiger charge is 2.32. The number of nitrogens with one attached hydrogen (secondary N) is 1. The van der Waals surface area contributed by atoms with Crippen molar-refractivity contribution in [2.24, 2.45) is 0 Å². The molecule has 0 radical (unpaired) electrons. The SMILES string of the molecule is CNS(=O)(=O)c1c(N)ccc2c(-c3ccccc3C(=O)O)c3ccc(=[NH2+])c(S(=O)(=O)O)c-3oc12. The van der Waals surface area contributed by atoms with E-state index in [1.807, 2.05) is 0 Å². The van der Waals surface area contributed by atoms with Crippen molar-refractivity contribution >= 4 is 42.8 Å². The minimum absolute atomic E-state index is 0.0700. The van der Waals surface area contributed by atoms with Crippen LogP contribution in [0, 0.1) is 0 Å². The third kappa shape index (κ3) is 3.60. The molecule has 0 spiro atoms. The molecule has 1 aliphatic heterocycles. The van der Waals surface area contributed by atoms with Gasteiger partial charge in [0.25, 0.3) is 0 Å². The number of hydrogen-bond donors (Lipinski definition) is 5. The molecule has 0 atom stereocenters. The average molecular weight is 505 g/mol. The zero-order valence-electron chi connectivity index (χ0n) is 17.4. The van der Waals surface area contributed by atoms with Crippen LogP contribution < -0.4 is 21.2 Å². The summed E-state index contributed by atoms with van der Waals surface area (Å²) < 4.78 is 67.8. The fourth-order valence-electron chi connectivity index (χ4n) is 3.82. The molecule has 4 rings (SSSR count). The van der Waals surface area contributed by atoms with Crippen LogP contribution in [0.25, 0.3) is 33.4 Å². The van der Waals surface area contributed by atoms with E-state index in [9.17, 15) is 31.3 Å². The first-order valence-electron chi connectivity index (χ1n) is 9.52. The summed E-state index contributed by atoms with van der Waals surface area (Å²) in [4.78, 5) is 10.7. The van der Waals surface area contributed by atoms with Crippen molar-refractivity contribution in [2.45, 2.75) is 9.79 Å². The highest BCUT2D eigenvalue weighted by molar-refractivity contribution is 7.89. The van der Waals surface area contributed by atoms with Crippen LogP contribution in [0.15, 0.2) is 62.7 Å². The minimum Gasteiger partial charge on any atom is -0.478 e. The van der Waals surface area contributed by atoms with E-state index in [-0.39, 0.29) is 44.3 Å². The smallest absolute Gasteiger partial charge is 0.336 e. The number of carboxylic acid groups (broad SMARTS) is 1. The van der Waals surface area contributed by atoms with Gasteiger partial charge in [-0.1, -0.05) is 18.2 Å². The predicted molar refractivity (Wildman–Crippen MR) is 121 cm³/mol. The number of anilines is 1. The van der Waals surface area contributed by atoms with E-state index < -0.39 is 41.7 Å². The topological polar surface area (TPSA) is 203 Å². The highest BCUT2D eigenvalue weighted by Crippen LogP contribution is 2.45. The van der Waals surface area contributed by atoms with E-state index >= 15 is 0 Å². The third-order valence-electron chi connectivity index (χ3n) is 5.25. The summed E-state index contributed by atoms with van der Waals surface area (Å²) in [5.74, 6) is -1.75. The van der Waals surface area contributed by atoms with Gasteiger partial charge in [0.15, 0.2) is 11.3 Å². The normalized spacial score (nSPS) is 12.3. The lowest BCUT2D eigenvalue weighted by Gasteiger charge is -2.19. The first kappa shape index (κ1) is 23.4.